The van der Waals surface area contributed by atoms with E-state index in [1.165, 1.54) is 0 Å². The summed E-state index contributed by atoms with van der Waals surface area (Å²) in [5.74, 6) is 0.108. The lowest BCUT2D eigenvalue weighted by molar-refractivity contribution is -0.130. The van der Waals surface area contributed by atoms with Crippen LogP contribution in [0.3, 0.4) is 0 Å². The van der Waals surface area contributed by atoms with E-state index >= 15 is 0 Å². The average Bonchev–Trinajstić information content (AvgIpc) is 2.91. The molecule has 1 unspecified atom stereocenters. The van der Waals surface area contributed by atoms with Gasteiger partial charge in [-0.1, -0.05) is 42.6 Å². The number of rotatable bonds is 5. The molecule has 1 saturated carbocycles. The van der Waals surface area contributed by atoms with E-state index in [1.54, 1.807) is 0 Å². The maximum atomic E-state index is 12.5. The Morgan fingerprint density at radius 2 is 2.05 bits per heavy atom. The molecule has 1 amide bonds. The number of nitrogens with one attached hydrogen (secondary N) is 1. The Hall–Kier alpha value is -1.06. The molecule has 0 spiro atoms. The fourth-order valence-electron chi connectivity index (χ4n) is 3.00. The Labute approximate surface area is 125 Å². The summed E-state index contributed by atoms with van der Waals surface area (Å²) < 4.78 is 0. The van der Waals surface area contributed by atoms with Crippen LogP contribution in [-0.2, 0) is 11.2 Å². The van der Waals surface area contributed by atoms with Crippen LogP contribution in [0, 0.1) is 5.41 Å². The van der Waals surface area contributed by atoms with Crippen molar-refractivity contribution < 1.29 is 4.79 Å². The van der Waals surface area contributed by atoms with E-state index in [0.29, 0.717) is 6.54 Å². The van der Waals surface area contributed by atoms with Crippen molar-refractivity contribution in [3.8, 4) is 0 Å². The van der Waals surface area contributed by atoms with E-state index in [4.69, 9.17) is 17.3 Å². The molecule has 1 aromatic carbocycles. The molecule has 1 aromatic rings. The number of hydrogen-bond donors (Lipinski definition) is 2. The van der Waals surface area contributed by atoms with E-state index in [9.17, 15) is 4.79 Å². The van der Waals surface area contributed by atoms with Gasteiger partial charge in [0.05, 0.1) is 5.41 Å². The van der Waals surface area contributed by atoms with Crippen molar-refractivity contribution in [2.24, 2.45) is 11.1 Å². The zero-order valence-corrected chi connectivity index (χ0v) is 12.7. The highest BCUT2D eigenvalue weighted by Crippen LogP contribution is 2.37. The second-order valence-electron chi connectivity index (χ2n) is 5.86. The van der Waals surface area contributed by atoms with Gasteiger partial charge in [0.15, 0.2) is 0 Å². The molecule has 0 aliphatic heterocycles. The van der Waals surface area contributed by atoms with Crippen LogP contribution in [0.4, 0.5) is 0 Å². The highest BCUT2D eigenvalue weighted by atomic mass is 35.5. The molecular formula is C16H23ClN2O. The summed E-state index contributed by atoms with van der Waals surface area (Å²) in [5, 5.41) is 3.86. The molecule has 3 nitrogen and oxygen atoms in total. The van der Waals surface area contributed by atoms with Crippen LogP contribution in [0.5, 0.6) is 0 Å². The SMILES string of the molecule is CC(Cc1ccccc1Cl)NC(=O)C1(CN)CCCC1. The summed E-state index contributed by atoms with van der Waals surface area (Å²) in [6.45, 7) is 2.46. The lowest BCUT2D eigenvalue weighted by Gasteiger charge is -2.28. The van der Waals surface area contributed by atoms with Crippen molar-refractivity contribution in [3.05, 3.63) is 34.9 Å². The number of amides is 1. The van der Waals surface area contributed by atoms with Crippen LogP contribution >= 0.6 is 11.6 Å². The second-order valence-corrected chi connectivity index (χ2v) is 6.27. The van der Waals surface area contributed by atoms with Crippen LogP contribution in [0.15, 0.2) is 24.3 Å². The summed E-state index contributed by atoms with van der Waals surface area (Å²) in [6, 6.07) is 7.82. The van der Waals surface area contributed by atoms with E-state index in [2.05, 4.69) is 5.32 Å². The van der Waals surface area contributed by atoms with Crippen molar-refractivity contribution in [1.82, 2.24) is 5.32 Å². The van der Waals surface area contributed by atoms with Crippen molar-refractivity contribution in [2.45, 2.75) is 45.1 Å². The molecule has 0 heterocycles. The maximum absolute atomic E-state index is 12.5. The van der Waals surface area contributed by atoms with E-state index in [-0.39, 0.29) is 17.4 Å². The Bertz CT molecular complexity index is 469. The van der Waals surface area contributed by atoms with Crippen molar-refractivity contribution in [3.63, 3.8) is 0 Å². The smallest absolute Gasteiger partial charge is 0.227 e. The van der Waals surface area contributed by atoms with Gasteiger partial charge in [-0.05, 0) is 37.8 Å². The lowest BCUT2D eigenvalue weighted by Crippen LogP contribution is -2.47. The molecule has 1 fully saturated rings. The number of carbonyl (C=O) groups excluding carboxylic acids is 1. The molecule has 2 rings (SSSR count). The zero-order chi connectivity index (χ0) is 14.6. The van der Waals surface area contributed by atoms with E-state index < -0.39 is 0 Å². The molecule has 110 valence electrons. The molecule has 1 aliphatic carbocycles. The summed E-state index contributed by atoms with van der Waals surface area (Å²) in [6.07, 6.45) is 4.77. The van der Waals surface area contributed by atoms with Gasteiger partial charge in [-0.25, -0.2) is 0 Å². The Morgan fingerprint density at radius 1 is 1.40 bits per heavy atom. The third-order valence-corrected chi connectivity index (χ3v) is 4.66. The minimum atomic E-state index is -0.339. The molecule has 20 heavy (non-hydrogen) atoms. The average molecular weight is 295 g/mol. The summed E-state index contributed by atoms with van der Waals surface area (Å²) in [7, 11) is 0. The fourth-order valence-corrected chi connectivity index (χ4v) is 3.21. The maximum Gasteiger partial charge on any atom is 0.227 e. The molecule has 1 aliphatic rings. The molecule has 0 radical (unpaired) electrons. The monoisotopic (exact) mass is 294 g/mol. The first-order valence-electron chi connectivity index (χ1n) is 7.32. The van der Waals surface area contributed by atoms with Gasteiger partial charge < -0.3 is 11.1 Å². The second kappa shape index (κ2) is 6.59. The van der Waals surface area contributed by atoms with Crippen LogP contribution in [-0.4, -0.2) is 18.5 Å². The molecule has 0 saturated heterocycles. The number of halogens is 1. The predicted molar refractivity (Wildman–Crippen MR) is 82.7 cm³/mol. The number of nitrogens with two attached hydrogens (primary N) is 1. The van der Waals surface area contributed by atoms with Gasteiger partial charge in [-0.15, -0.1) is 0 Å². The van der Waals surface area contributed by atoms with Crippen molar-refractivity contribution >= 4 is 17.5 Å². The highest BCUT2D eigenvalue weighted by Gasteiger charge is 2.40. The summed E-state index contributed by atoms with van der Waals surface area (Å²) >= 11 is 6.15. The van der Waals surface area contributed by atoms with Gasteiger partial charge in [0.1, 0.15) is 0 Å². The van der Waals surface area contributed by atoms with Crippen molar-refractivity contribution in [2.75, 3.05) is 6.54 Å². The van der Waals surface area contributed by atoms with Crippen LogP contribution in [0.25, 0.3) is 0 Å². The van der Waals surface area contributed by atoms with Gasteiger partial charge >= 0.3 is 0 Å². The molecule has 1 atom stereocenters. The molecule has 3 N–H and O–H groups in total. The Kier molecular flexibility index (Phi) is 5.06. The van der Waals surface area contributed by atoms with Gasteiger partial charge in [0, 0.05) is 17.6 Å². The highest BCUT2D eigenvalue weighted by molar-refractivity contribution is 6.31. The molecular weight excluding hydrogens is 272 g/mol. The number of carbonyl (C=O) groups is 1. The van der Waals surface area contributed by atoms with Crippen LogP contribution < -0.4 is 11.1 Å². The third-order valence-electron chi connectivity index (χ3n) is 4.29. The lowest BCUT2D eigenvalue weighted by atomic mass is 9.85. The van der Waals surface area contributed by atoms with Gasteiger partial charge in [0.2, 0.25) is 5.91 Å². The van der Waals surface area contributed by atoms with E-state index in [1.807, 2.05) is 31.2 Å². The Morgan fingerprint density at radius 3 is 2.65 bits per heavy atom. The van der Waals surface area contributed by atoms with Gasteiger partial charge in [0.25, 0.3) is 0 Å². The molecule has 0 bridgehead atoms. The van der Waals surface area contributed by atoms with Gasteiger partial charge in [-0.2, -0.15) is 0 Å². The third kappa shape index (κ3) is 3.33. The minimum Gasteiger partial charge on any atom is -0.353 e. The first-order chi connectivity index (χ1) is 9.57. The summed E-state index contributed by atoms with van der Waals surface area (Å²) in [5.41, 5.74) is 6.57. The first kappa shape index (κ1) is 15.3. The first-order valence-corrected chi connectivity index (χ1v) is 7.70. The largest absolute Gasteiger partial charge is 0.353 e. The summed E-state index contributed by atoms with van der Waals surface area (Å²) in [4.78, 5) is 12.5. The number of hydrogen-bond acceptors (Lipinski definition) is 2. The Balaban J connectivity index is 1.96. The number of benzene rings is 1. The minimum absolute atomic E-state index is 0.0615. The van der Waals surface area contributed by atoms with E-state index in [0.717, 1.165) is 42.7 Å². The topological polar surface area (TPSA) is 55.1 Å². The molecule has 0 aromatic heterocycles. The quantitative estimate of drug-likeness (QED) is 0.877. The van der Waals surface area contributed by atoms with Gasteiger partial charge in [-0.3, -0.25) is 4.79 Å². The van der Waals surface area contributed by atoms with Crippen molar-refractivity contribution in [1.29, 1.82) is 0 Å². The van der Waals surface area contributed by atoms with Crippen LogP contribution in [0.2, 0.25) is 5.02 Å². The normalized spacial score (nSPS) is 18.8. The van der Waals surface area contributed by atoms with Crippen LogP contribution in [0.1, 0.15) is 38.2 Å². The molecule has 4 heteroatoms. The predicted octanol–water partition coefficient (Wildman–Crippen LogP) is 2.91. The standard InChI is InChI=1S/C16H23ClN2O/c1-12(10-13-6-2-3-7-14(13)17)19-15(20)16(11-18)8-4-5-9-16/h2-3,6-7,12H,4-5,8-11,18H2,1H3,(H,19,20). The zero-order valence-electron chi connectivity index (χ0n) is 12.0. The fraction of sp³-hybridized carbons (Fsp3) is 0.562.